The van der Waals surface area contributed by atoms with E-state index in [2.05, 4.69) is 76.8 Å². The number of nitrogens with one attached hydrogen (secondary N) is 2. The molecular formula is C30H32N4OS. The highest BCUT2D eigenvalue weighted by Crippen LogP contribution is 2.48. The summed E-state index contributed by atoms with van der Waals surface area (Å²) in [7, 11) is 4.05. The van der Waals surface area contributed by atoms with Gasteiger partial charge >= 0.3 is 0 Å². The number of fused-ring (bicyclic) bond motifs is 2. The van der Waals surface area contributed by atoms with Crippen LogP contribution in [0.25, 0.3) is 0 Å². The van der Waals surface area contributed by atoms with Crippen LogP contribution in [0.15, 0.2) is 90.6 Å². The van der Waals surface area contributed by atoms with E-state index in [0.717, 1.165) is 34.0 Å². The average Bonchev–Trinajstić information content (AvgIpc) is 2.98. The third-order valence-electron chi connectivity index (χ3n) is 6.89. The van der Waals surface area contributed by atoms with Crippen molar-refractivity contribution in [2.24, 2.45) is 11.3 Å². The molecule has 5 nitrogen and oxygen atoms in total. The van der Waals surface area contributed by atoms with Crippen molar-refractivity contribution >= 4 is 45.9 Å². The lowest BCUT2D eigenvalue weighted by Crippen LogP contribution is -2.45. The third-order valence-corrected chi connectivity index (χ3v) is 7.19. The van der Waals surface area contributed by atoms with Crippen LogP contribution in [-0.2, 0) is 4.79 Å². The fourth-order valence-corrected chi connectivity index (χ4v) is 5.58. The molecule has 2 atom stereocenters. The molecule has 2 aliphatic rings. The molecule has 2 N–H and O–H groups in total. The lowest BCUT2D eigenvalue weighted by molar-refractivity contribution is -0.124. The Morgan fingerprint density at radius 1 is 1.00 bits per heavy atom. The van der Waals surface area contributed by atoms with Crippen molar-refractivity contribution in [3.05, 3.63) is 96.2 Å². The summed E-state index contributed by atoms with van der Waals surface area (Å²) in [6, 6.07) is 26.2. The highest BCUT2D eigenvalue weighted by molar-refractivity contribution is 7.80. The van der Waals surface area contributed by atoms with Crippen LogP contribution in [-0.4, -0.2) is 25.0 Å². The van der Waals surface area contributed by atoms with Gasteiger partial charge in [-0.2, -0.15) is 0 Å². The van der Waals surface area contributed by atoms with Crippen LogP contribution in [0.3, 0.4) is 0 Å². The minimum Gasteiger partial charge on any atom is -0.378 e. The number of Topliss-reactive ketones (excluding diaryl/α,β-unsaturated/α-hetero) is 1. The molecule has 3 aromatic rings. The van der Waals surface area contributed by atoms with Crippen LogP contribution in [0.1, 0.15) is 31.9 Å². The first-order valence-corrected chi connectivity index (χ1v) is 12.7. The monoisotopic (exact) mass is 496 g/mol. The van der Waals surface area contributed by atoms with Gasteiger partial charge in [0, 0.05) is 37.6 Å². The van der Waals surface area contributed by atoms with E-state index < -0.39 is 0 Å². The van der Waals surface area contributed by atoms with E-state index in [0.29, 0.717) is 11.5 Å². The predicted octanol–water partition coefficient (Wildman–Crippen LogP) is 6.62. The van der Waals surface area contributed by atoms with E-state index in [-0.39, 0.29) is 23.2 Å². The van der Waals surface area contributed by atoms with Crippen LogP contribution in [0.5, 0.6) is 0 Å². The number of thiocarbonyl (C=S) groups is 1. The summed E-state index contributed by atoms with van der Waals surface area (Å²) in [5.41, 5.74) is 5.65. The molecule has 0 saturated heterocycles. The van der Waals surface area contributed by atoms with Crippen molar-refractivity contribution < 1.29 is 4.79 Å². The molecule has 0 radical (unpaired) electrons. The minimum absolute atomic E-state index is 0.215. The number of anilines is 4. The van der Waals surface area contributed by atoms with Crippen molar-refractivity contribution in [3.63, 3.8) is 0 Å². The van der Waals surface area contributed by atoms with Crippen LogP contribution in [0, 0.1) is 11.3 Å². The van der Waals surface area contributed by atoms with E-state index >= 15 is 0 Å². The number of allylic oxidation sites excluding steroid dienone is 1. The van der Waals surface area contributed by atoms with Crippen LogP contribution >= 0.6 is 12.2 Å². The summed E-state index contributed by atoms with van der Waals surface area (Å²) in [6.45, 7) is 4.24. The molecule has 3 aromatic carbocycles. The maximum atomic E-state index is 13.9. The van der Waals surface area contributed by atoms with Gasteiger partial charge in [-0.1, -0.05) is 62.4 Å². The van der Waals surface area contributed by atoms with Crippen molar-refractivity contribution in [3.8, 4) is 0 Å². The molecule has 1 aliphatic heterocycles. The second-order valence-corrected chi connectivity index (χ2v) is 10.8. The van der Waals surface area contributed by atoms with Gasteiger partial charge < -0.3 is 20.4 Å². The molecule has 36 heavy (non-hydrogen) atoms. The SMILES string of the molecule is CN(C)c1ccc([C@@H]2[C@H]3C(=O)CC(C)(C)C=C3Nc3ccccc3N2C(=S)Nc2ccccc2)cc1. The van der Waals surface area contributed by atoms with Gasteiger partial charge in [-0.05, 0) is 59.6 Å². The van der Waals surface area contributed by atoms with E-state index in [1.165, 1.54) is 0 Å². The van der Waals surface area contributed by atoms with E-state index in [1.54, 1.807) is 0 Å². The fourth-order valence-electron chi connectivity index (χ4n) is 5.25. The van der Waals surface area contributed by atoms with Gasteiger partial charge in [0.15, 0.2) is 5.11 Å². The maximum Gasteiger partial charge on any atom is 0.178 e. The summed E-state index contributed by atoms with van der Waals surface area (Å²) in [6.07, 6.45) is 2.71. The van der Waals surface area contributed by atoms with E-state index in [4.69, 9.17) is 12.2 Å². The van der Waals surface area contributed by atoms with E-state index in [1.807, 2.05) is 56.6 Å². The van der Waals surface area contributed by atoms with Crippen molar-refractivity contribution in [1.29, 1.82) is 0 Å². The molecule has 0 spiro atoms. The maximum absolute atomic E-state index is 13.9. The van der Waals surface area contributed by atoms with Crippen LogP contribution in [0.4, 0.5) is 22.7 Å². The fraction of sp³-hybridized carbons (Fsp3) is 0.267. The first-order valence-electron chi connectivity index (χ1n) is 12.3. The number of para-hydroxylation sites is 3. The molecule has 0 bridgehead atoms. The summed E-state index contributed by atoms with van der Waals surface area (Å²) >= 11 is 6.06. The molecule has 0 fully saturated rings. The Morgan fingerprint density at radius 2 is 1.67 bits per heavy atom. The normalized spacial score (nSPS) is 20.3. The van der Waals surface area contributed by atoms with Gasteiger partial charge in [0.2, 0.25) is 0 Å². The number of nitrogens with zero attached hydrogens (tertiary/aromatic N) is 2. The highest BCUT2D eigenvalue weighted by atomic mass is 32.1. The van der Waals surface area contributed by atoms with Gasteiger partial charge in [-0.25, -0.2) is 0 Å². The largest absolute Gasteiger partial charge is 0.378 e. The molecule has 5 rings (SSSR count). The standard InChI is InChI=1S/C30H32N4OS/c1-30(2)18-24-27(26(35)19-30)28(20-14-16-22(17-15-20)33(3)4)34(25-13-9-8-12-23(25)32-24)29(36)31-21-10-6-5-7-11-21/h5-18,27-28,32H,19H2,1-4H3,(H,31,36)/t27-,28-/m1/s1. The molecule has 0 saturated carbocycles. The lowest BCUT2D eigenvalue weighted by atomic mass is 9.72. The van der Waals surface area contributed by atoms with Gasteiger partial charge in [0.05, 0.1) is 23.3 Å². The zero-order valence-corrected chi connectivity index (χ0v) is 22.0. The summed E-state index contributed by atoms with van der Waals surface area (Å²) in [5, 5.41) is 7.61. The number of carbonyl (C=O) groups excluding carboxylic acids is 1. The zero-order valence-electron chi connectivity index (χ0n) is 21.2. The Morgan fingerprint density at radius 3 is 2.36 bits per heavy atom. The Labute approximate surface area is 218 Å². The van der Waals surface area contributed by atoms with Crippen molar-refractivity contribution in [2.75, 3.05) is 34.5 Å². The van der Waals surface area contributed by atoms with Gasteiger partial charge in [-0.3, -0.25) is 4.79 Å². The topological polar surface area (TPSA) is 47.6 Å². The first kappa shape index (κ1) is 24.1. The predicted molar refractivity (Wildman–Crippen MR) is 154 cm³/mol. The van der Waals surface area contributed by atoms with Gasteiger partial charge in [0.25, 0.3) is 0 Å². The second kappa shape index (κ2) is 9.43. The molecule has 0 amide bonds. The number of hydrogen-bond donors (Lipinski definition) is 2. The summed E-state index contributed by atoms with van der Waals surface area (Å²) in [4.78, 5) is 18.1. The number of benzene rings is 3. The van der Waals surface area contributed by atoms with Gasteiger partial charge in [0.1, 0.15) is 5.78 Å². The smallest absolute Gasteiger partial charge is 0.178 e. The number of rotatable bonds is 3. The molecular weight excluding hydrogens is 464 g/mol. The number of carbonyl (C=O) groups is 1. The average molecular weight is 497 g/mol. The molecule has 0 unspecified atom stereocenters. The van der Waals surface area contributed by atoms with E-state index in [9.17, 15) is 4.79 Å². The molecule has 184 valence electrons. The summed E-state index contributed by atoms with van der Waals surface area (Å²) < 4.78 is 0. The van der Waals surface area contributed by atoms with Crippen LogP contribution < -0.4 is 20.4 Å². The quantitative estimate of drug-likeness (QED) is 0.397. The molecule has 6 heteroatoms. The Hall–Kier alpha value is -3.64. The second-order valence-electron chi connectivity index (χ2n) is 10.4. The molecule has 1 aliphatic carbocycles. The number of ketones is 1. The lowest BCUT2D eigenvalue weighted by Gasteiger charge is -2.40. The highest BCUT2D eigenvalue weighted by Gasteiger charge is 2.45. The van der Waals surface area contributed by atoms with Crippen molar-refractivity contribution in [2.45, 2.75) is 26.3 Å². The first-order chi connectivity index (χ1) is 17.2. The molecule has 1 heterocycles. The Kier molecular flexibility index (Phi) is 6.31. The molecule has 0 aromatic heterocycles. The minimum atomic E-state index is -0.383. The number of hydrogen-bond acceptors (Lipinski definition) is 4. The Bertz CT molecular complexity index is 1310. The van der Waals surface area contributed by atoms with Crippen LogP contribution in [0.2, 0.25) is 0 Å². The zero-order chi connectivity index (χ0) is 25.4. The summed E-state index contributed by atoms with van der Waals surface area (Å²) in [5.74, 6) is -0.168. The van der Waals surface area contributed by atoms with Crippen molar-refractivity contribution in [1.82, 2.24) is 0 Å². The third kappa shape index (κ3) is 4.61. The Balaban J connectivity index is 1.70. The van der Waals surface area contributed by atoms with Gasteiger partial charge in [-0.15, -0.1) is 0 Å².